The van der Waals surface area contributed by atoms with Crippen LogP contribution in [0.5, 0.6) is 5.75 Å². The molecular formula is C23H18FN3O2. The molecule has 0 radical (unpaired) electrons. The molecule has 5 nitrogen and oxygen atoms in total. The van der Waals surface area contributed by atoms with Crippen molar-refractivity contribution in [1.29, 1.82) is 0 Å². The van der Waals surface area contributed by atoms with Crippen molar-refractivity contribution >= 4 is 21.8 Å². The van der Waals surface area contributed by atoms with E-state index in [2.05, 4.69) is 20.8 Å². The van der Waals surface area contributed by atoms with E-state index in [-0.39, 0.29) is 5.82 Å². The number of aromatic nitrogens is 3. The van der Waals surface area contributed by atoms with Gasteiger partial charge in [-0.2, -0.15) is 0 Å². The molecule has 5 rings (SSSR count). The predicted molar refractivity (Wildman–Crippen MR) is 110 cm³/mol. The molecule has 0 atom stereocenters. The van der Waals surface area contributed by atoms with Gasteiger partial charge in [-0.1, -0.05) is 5.16 Å². The Bertz CT molecular complexity index is 1350. The zero-order chi connectivity index (χ0) is 20.1. The third-order valence-corrected chi connectivity index (χ3v) is 5.28. The maximum absolute atomic E-state index is 13.5. The molecule has 0 saturated carbocycles. The SMILES string of the molecule is COc1cc2c3cnccc3n(-c3ccc(F)cc3)c2cc1-c1c(C)noc1C. The van der Waals surface area contributed by atoms with Crippen molar-refractivity contribution in [2.24, 2.45) is 0 Å². The number of ether oxygens (including phenoxy) is 1. The van der Waals surface area contributed by atoms with Gasteiger partial charge in [0.05, 0.1) is 29.4 Å². The Morgan fingerprint density at radius 1 is 1.00 bits per heavy atom. The van der Waals surface area contributed by atoms with Crippen molar-refractivity contribution in [2.75, 3.05) is 7.11 Å². The van der Waals surface area contributed by atoms with E-state index in [4.69, 9.17) is 9.26 Å². The van der Waals surface area contributed by atoms with E-state index in [1.807, 2.05) is 32.2 Å². The van der Waals surface area contributed by atoms with E-state index in [0.29, 0.717) is 0 Å². The predicted octanol–water partition coefficient (Wildman–Crippen LogP) is 5.60. The second-order valence-electron chi connectivity index (χ2n) is 6.97. The van der Waals surface area contributed by atoms with Gasteiger partial charge in [0, 0.05) is 34.4 Å². The highest BCUT2D eigenvalue weighted by molar-refractivity contribution is 6.10. The van der Waals surface area contributed by atoms with Crippen LogP contribution in [0.4, 0.5) is 4.39 Å². The molecule has 0 saturated heterocycles. The number of aryl methyl sites for hydroxylation is 2. The van der Waals surface area contributed by atoms with E-state index >= 15 is 0 Å². The molecule has 0 spiro atoms. The first kappa shape index (κ1) is 17.4. The Balaban J connectivity index is 1.92. The molecule has 0 unspecified atom stereocenters. The largest absolute Gasteiger partial charge is 0.496 e. The lowest BCUT2D eigenvalue weighted by molar-refractivity contribution is 0.393. The van der Waals surface area contributed by atoms with Crippen LogP contribution < -0.4 is 4.74 Å². The summed E-state index contributed by atoms with van der Waals surface area (Å²) in [4.78, 5) is 4.30. The van der Waals surface area contributed by atoms with Crippen LogP contribution in [-0.4, -0.2) is 21.8 Å². The molecule has 0 aliphatic carbocycles. The summed E-state index contributed by atoms with van der Waals surface area (Å²) < 4.78 is 26.7. The highest BCUT2D eigenvalue weighted by Crippen LogP contribution is 2.41. The number of benzene rings is 2. The van der Waals surface area contributed by atoms with Gasteiger partial charge in [0.1, 0.15) is 17.3 Å². The zero-order valence-electron chi connectivity index (χ0n) is 16.2. The molecule has 0 amide bonds. The summed E-state index contributed by atoms with van der Waals surface area (Å²) in [6, 6.07) is 12.5. The molecule has 29 heavy (non-hydrogen) atoms. The number of halogens is 1. The Labute approximate surface area is 166 Å². The van der Waals surface area contributed by atoms with E-state index in [0.717, 1.165) is 55.8 Å². The molecule has 6 heteroatoms. The van der Waals surface area contributed by atoms with Crippen LogP contribution in [0.1, 0.15) is 11.5 Å². The number of pyridine rings is 1. The molecule has 0 fully saturated rings. The lowest BCUT2D eigenvalue weighted by Gasteiger charge is -2.12. The number of hydrogen-bond acceptors (Lipinski definition) is 4. The topological polar surface area (TPSA) is 53.1 Å². The van der Waals surface area contributed by atoms with E-state index < -0.39 is 0 Å². The molecule has 0 aliphatic heterocycles. The summed E-state index contributed by atoms with van der Waals surface area (Å²) in [6.07, 6.45) is 3.60. The van der Waals surface area contributed by atoms with Gasteiger partial charge >= 0.3 is 0 Å². The van der Waals surface area contributed by atoms with Crippen LogP contribution in [0.15, 0.2) is 59.4 Å². The summed E-state index contributed by atoms with van der Waals surface area (Å²) in [5.74, 6) is 1.19. The lowest BCUT2D eigenvalue weighted by Crippen LogP contribution is -1.95. The highest BCUT2D eigenvalue weighted by atomic mass is 19.1. The molecule has 144 valence electrons. The summed E-state index contributed by atoms with van der Waals surface area (Å²) in [6.45, 7) is 3.80. The third-order valence-electron chi connectivity index (χ3n) is 5.28. The first-order chi connectivity index (χ1) is 14.1. The monoisotopic (exact) mass is 387 g/mol. The Morgan fingerprint density at radius 3 is 2.48 bits per heavy atom. The minimum atomic E-state index is -0.269. The summed E-state index contributed by atoms with van der Waals surface area (Å²) in [7, 11) is 1.65. The average Bonchev–Trinajstić information content (AvgIpc) is 3.24. The Hall–Kier alpha value is -3.67. The van der Waals surface area contributed by atoms with Crippen molar-refractivity contribution in [3.63, 3.8) is 0 Å². The normalized spacial score (nSPS) is 11.4. The van der Waals surface area contributed by atoms with Crippen molar-refractivity contribution in [2.45, 2.75) is 13.8 Å². The van der Waals surface area contributed by atoms with Crippen LogP contribution in [0.2, 0.25) is 0 Å². The van der Waals surface area contributed by atoms with Gasteiger partial charge in [0.15, 0.2) is 0 Å². The molecular weight excluding hydrogens is 369 g/mol. The fourth-order valence-corrected chi connectivity index (χ4v) is 3.99. The van der Waals surface area contributed by atoms with Gasteiger partial charge in [-0.25, -0.2) is 4.39 Å². The van der Waals surface area contributed by atoms with Crippen LogP contribution in [-0.2, 0) is 0 Å². The second-order valence-corrected chi connectivity index (χ2v) is 6.97. The van der Waals surface area contributed by atoms with Gasteiger partial charge in [-0.05, 0) is 56.3 Å². The minimum absolute atomic E-state index is 0.269. The van der Waals surface area contributed by atoms with Gasteiger partial charge in [0.25, 0.3) is 0 Å². The summed E-state index contributed by atoms with van der Waals surface area (Å²) in [5, 5.41) is 6.09. The first-order valence-corrected chi connectivity index (χ1v) is 9.24. The van der Waals surface area contributed by atoms with Crippen molar-refractivity contribution < 1.29 is 13.7 Å². The average molecular weight is 387 g/mol. The molecule has 5 aromatic rings. The van der Waals surface area contributed by atoms with Crippen LogP contribution >= 0.6 is 0 Å². The van der Waals surface area contributed by atoms with Gasteiger partial charge in [-0.15, -0.1) is 0 Å². The third kappa shape index (κ3) is 2.60. The van der Waals surface area contributed by atoms with Crippen molar-refractivity contribution in [1.82, 2.24) is 14.7 Å². The number of hydrogen-bond donors (Lipinski definition) is 0. The maximum atomic E-state index is 13.5. The van der Waals surface area contributed by atoms with Gasteiger partial charge in [-0.3, -0.25) is 4.98 Å². The van der Waals surface area contributed by atoms with Crippen molar-refractivity contribution in [3.8, 4) is 22.6 Å². The smallest absolute Gasteiger partial charge is 0.141 e. The second kappa shape index (κ2) is 6.44. The number of fused-ring (bicyclic) bond motifs is 3. The Kier molecular flexibility index (Phi) is 3.87. The molecule has 2 aromatic carbocycles. The highest BCUT2D eigenvalue weighted by Gasteiger charge is 2.20. The Morgan fingerprint density at radius 2 is 1.79 bits per heavy atom. The number of nitrogens with zero attached hydrogens (tertiary/aromatic N) is 3. The van der Waals surface area contributed by atoms with Gasteiger partial charge in [0.2, 0.25) is 0 Å². The quantitative estimate of drug-likeness (QED) is 0.404. The standard InChI is InChI=1S/C23H18FN3O2/c1-13-23(14(2)29-26-13)18-10-21-17(11-22(18)28-3)19-12-25-9-8-20(19)27(21)16-6-4-15(24)5-7-16/h4-12H,1-3H3. The fourth-order valence-electron chi connectivity index (χ4n) is 3.99. The fraction of sp³-hybridized carbons (Fsp3) is 0.130. The van der Waals surface area contributed by atoms with Crippen molar-refractivity contribution in [3.05, 3.63) is 72.1 Å². The summed E-state index contributed by atoms with van der Waals surface area (Å²) >= 11 is 0. The molecule has 3 heterocycles. The molecule has 0 N–H and O–H groups in total. The molecule has 3 aromatic heterocycles. The number of methoxy groups -OCH3 is 1. The van der Waals surface area contributed by atoms with Crippen LogP contribution in [0.3, 0.4) is 0 Å². The molecule has 0 aliphatic rings. The summed E-state index contributed by atoms with van der Waals surface area (Å²) in [5.41, 5.74) is 5.43. The molecule has 0 bridgehead atoms. The van der Waals surface area contributed by atoms with Gasteiger partial charge < -0.3 is 13.8 Å². The number of rotatable bonds is 3. The van der Waals surface area contributed by atoms with E-state index in [9.17, 15) is 4.39 Å². The van der Waals surface area contributed by atoms with E-state index in [1.54, 1.807) is 25.4 Å². The van der Waals surface area contributed by atoms with Crippen LogP contribution in [0.25, 0.3) is 38.6 Å². The van der Waals surface area contributed by atoms with Crippen LogP contribution in [0, 0.1) is 19.7 Å². The zero-order valence-corrected chi connectivity index (χ0v) is 16.2. The minimum Gasteiger partial charge on any atom is -0.496 e. The lowest BCUT2D eigenvalue weighted by atomic mass is 10.0. The van der Waals surface area contributed by atoms with E-state index in [1.165, 1.54) is 12.1 Å². The first-order valence-electron chi connectivity index (χ1n) is 9.24. The maximum Gasteiger partial charge on any atom is 0.141 e.